The van der Waals surface area contributed by atoms with Gasteiger partial charge in [-0.15, -0.1) is 0 Å². The Morgan fingerprint density at radius 2 is 1.71 bits per heavy atom. The third-order valence-corrected chi connectivity index (χ3v) is 2.83. The Kier molecular flexibility index (Phi) is 14.7. The molecular weight excluding hydrogens is 204 g/mol. The summed E-state index contributed by atoms with van der Waals surface area (Å²) in [4.78, 5) is 0. The van der Waals surface area contributed by atoms with E-state index in [1.807, 2.05) is 6.08 Å². The van der Waals surface area contributed by atoms with Crippen molar-refractivity contribution >= 4 is 0 Å². The maximum atomic E-state index is 3.85. The Balaban J connectivity index is 3.19. The molecule has 0 aromatic rings. The van der Waals surface area contributed by atoms with E-state index in [0.717, 1.165) is 12.8 Å². The molecule has 0 saturated carbocycles. The van der Waals surface area contributed by atoms with E-state index >= 15 is 0 Å². The Morgan fingerprint density at radius 3 is 2.47 bits per heavy atom. The van der Waals surface area contributed by atoms with Crippen LogP contribution in [-0.2, 0) is 0 Å². The van der Waals surface area contributed by atoms with Crippen LogP contribution in [0.5, 0.6) is 0 Å². The van der Waals surface area contributed by atoms with Crippen molar-refractivity contribution in [3.63, 3.8) is 0 Å². The number of hydrogen-bond acceptors (Lipinski definition) is 0. The van der Waals surface area contributed by atoms with Crippen LogP contribution in [0, 0.1) is 18.8 Å². The topological polar surface area (TPSA) is 0 Å². The normalized spacial score (nSPS) is 10.5. The van der Waals surface area contributed by atoms with E-state index in [1.54, 1.807) is 0 Å². The van der Waals surface area contributed by atoms with Crippen molar-refractivity contribution in [2.24, 2.45) is 0 Å². The van der Waals surface area contributed by atoms with Gasteiger partial charge in [-0.3, -0.25) is 0 Å². The molecule has 0 N–H and O–H groups in total. The molecule has 0 aliphatic carbocycles. The third-order valence-electron chi connectivity index (χ3n) is 2.83. The molecule has 0 unspecified atom stereocenters. The van der Waals surface area contributed by atoms with Crippen LogP contribution in [0.25, 0.3) is 0 Å². The lowest BCUT2D eigenvalue weighted by molar-refractivity contribution is 0.624. The molecule has 0 aromatic carbocycles. The fraction of sp³-hybridized carbons (Fsp3) is 0.706. The SMILES string of the molecule is [CH2]CCCCCCCC#C/C=C/CCCCC. The van der Waals surface area contributed by atoms with E-state index < -0.39 is 0 Å². The van der Waals surface area contributed by atoms with Crippen molar-refractivity contribution in [3.05, 3.63) is 19.1 Å². The van der Waals surface area contributed by atoms with Crippen molar-refractivity contribution < 1.29 is 0 Å². The molecular formula is C17H29. The Morgan fingerprint density at radius 1 is 0.941 bits per heavy atom. The summed E-state index contributed by atoms with van der Waals surface area (Å²) in [6.45, 7) is 6.09. The average Bonchev–Trinajstić information content (AvgIpc) is 2.35. The molecule has 0 fully saturated rings. The van der Waals surface area contributed by atoms with Gasteiger partial charge in [-0.05, 0) is 25.3 Å². The van der Waals surface area contributed by atoms with Crippen LogP contribution in [0.15, 0.2) is 12.2 Å². The lowest BCUT2D eigenvalue weighted by Crippen LogP contribution is -1.77. The molecule has 0 bridgehead atoms. The van der Waals surface area contributed by atoms with Gasteiger partial charge >= 0.3 is 0 Å². The van der Waals surface area contributed by atoms with Gasteiger partial charge in [0.1, 0.15) is 0 Å². The van der Waals surface area contributed by atoms with Gasteiger partial charge < -0.3 is 0 Å². The highest BCUT2D eigenvalue weighted by molar-refractivity contribution is 5.14. The molecule has 0 aromatic heterocycles. The van der Waals surface area contributed by atoms with Crippen molar-refractivity contribution in [3.8, 4) is 11.8 Å². The maximum absolute atomic E-state index is 3.85. The predicted molar refractivity (Wildman–Crippen MR) is 78.7 cm³/mol. The van der Waals surface area contributed by atoms with Crippen LogP contribution in [0.2, 0.25) is 0 Å². The molecule has 0 aliphatic heterocycles. The average molecular weight is 233 g/mol. The third kappa shape index (κ3) is 15.3. The van der Waals surface area contributed by atoms with E-state index in [9.17, 15) is 0 Å². The van der Waals surface area contributed by atoms with Crippen molar-refractivity contribution in [2.75, 3.05) is 0 Å². The minimum atomic E-state index is 1.06. The molecule has 0 heterocycles. The highest BCUT2D eigenvalue weighted by Gasteiger charge is 1.87. The van der Waals surface area contributed by atoms with Gasteiger partial charge in [0.15, 0.2) is 0 Å². The van der Waals surface area contributed by atoms with Gasteiger partial charge in [-0.2, -0.15) is 0 Å². The molecule has 97 valence electrons. The van der Waals surface area contributed by atoms with Crippen molar-refractivity contribution in [1.82, 2.24) is 0 Å². The highest BCUT2D eigenvalue weighted by Crippen LogP contribution is 2.06. The van der Waals surface area contributed by atoms with E-state index in [0.29, 0.717) is 0 Å². The highest BCUT2D eigenvalue weighted by atomic mass is 13.9. The zero-order valence-corrected chi connectivity index (χ0v) is 11.6. The van der Waals surface area contributed by atoms with Crippen LogP contribution < -0.4 is 0 Å². The summed E-state index contributed by atoms with van der Waals surface area (Å²) in [6.07, 6.45) is 18.1. The van der Waals surface area contributed by atoms with Crippen molar-refractivity contribution in [2.45, 2.75) is 77.6 Å². The van der Waals surface area contributed by atoms with Crippen LogP contribution >= 0.6 is 0 Å². The second-order valence-electron chi connectivity index (χ2n) is 4.59. The first kappa shape index (κ1) is 16.3. The second-order valence-corrected chi connectivity index (χ2v) is 4.59. The molecule has 0 atom stereocenters. The van der Waals surface area contributed by atoms with E-state index in [4.69, 9.17) is 0 Å². The van der Waals surface area contributed by atoms with Gasteiger partial charge in [0.05, 0.1) is 0 Å². The lowest BCUT2D eigenvalue weighted by Gasteiger charge is -1.96. The molecule has 17 heavy (non-hydrogen) atoms. The van der Waals surface area contributed by atoms with Gasteiger partial charge in [0.2, 0.25) is 0 Å². The fourth-order valence-electron chi connectivity index (χ4n) is 1.71. The predicted octanol–water partition coefficient (Wildman–Crippen LogP) is 5.69. The lowest BCUT2D eigenvalue weighted by atomic mass is 10.1. The summed E-state index contributed by atoms with van der Waals surface area (Å²) >= 11 is 0. The van der Waals surface area contributed by atoms with Gasteiger partial charge in [0.25, 0.3) is 0 Å². The Hall–Kier alpha value is -0.700. The van der Waals surface area contributed by atoms with Gasteiger partial charge in [0, 0.05) is 6.42 Å². The van der Waals surface area contributed by atoms with Crippen LogP contribution in [0.1, 0.15) is 77.6 Å². The van der Waals surface area contributed by atoms with E-state index in [1.165, 1.54) is 57.8 Å². The largest absolute Gasteiger partial charge is 0.0985 e. The number of unbranched alkanes of at least 4 members (excludes halogenated alkanes) is 9. The minimum absolute atomic E-state index is 1.06. The van der Waals surface area contributed by atoms with Crippen molar-refractivity contribution in [1.29, 1.82) is 0 Å². The van der Waals surface area contributed by atoms with Crippen LogP contribution in [0.4, 0.5) is 0 Å². The van der Waals surface area contributed by atoms with Crippen LogP contribution in [0.3, 0.4) is 0 Å². The first-order valence-corrected chi connectivity index (χ1v) is 7.34. The molecule has 0 saturated heterocycles. The van der Waals surface area contributed by atoms with Gasteiger partial charge in [-0.1, -0.05) is 76.7 Å². The first-order chi connectivity index (χ1) is 8.41. The summed E-state index contributed by atoms with van der Waals surface area (Å²) in [5, 5.41) is 0. The Bertz CT molecular complexity index is 214. The molecule has 0 aliphatic rings. The number of hydrogen-bond donors (Lipinski definition) is 0. The monoisotopic (exact) mass is 233 g/mol. The van der Waals surface area contributed by atoms with Crippen LogP contribution in [-0.4, -0.2) is 0 Å². The summed E-state index contributed by atoms with van der Waals surface area (Å²) < 4.78 is 0. The zero-order chi connectivity index (χ0) is 12.6. The summed E-state index contributed by atoms with van der Waals surface area (Å²) in [7, 11) is 0. The molecule has 0 rings (SSSR count). The standard InChI is InChI=1S/C17H29/c1-3-5-7-9-11-13-15-17-16-14-12-10-8-6-4-2/h12,14H,1,3-11,13,15H2,2H3/b14-12+. The summed E-state index contributed by atoms with van der Waals surface area (Å²) in [5.74, 6) is 6.34. The molecule has 0 amide bonds. The smallest absolute Gasteiger partial charge is 0.00922 e. The Labute approximate surface area is 109 Å². The first-order valence-electron chi connectivity index (χ1n) is 7.34. The molecule has 1 radical (unpaired) electrons. The quantitative estimate of drug-likeness (QED) is 0.336. The summed E-state index contributed by atoms with van der Waals surface area (Å²) in [5.41, 5.74) is 0. The fourth-order valence-corrected chi connectivity index (χ4v) is 1.71. The number of rotatable bonds is 10. The molecule has 0 nitrogen and oxygen atoms in total. The van der Waals surface area contributed by atoms with E-state index in [-0.39, 0.29) is 0 Å². The maximum Gasteiger partial charge on any atom is 0.00922 e. The minimum Gasteiger partial charge on any atom is -0.0985 e. The molecule has 0 spiro atoms. The zero-order valence-electron chi connectivity index (χ0n) is 11.6. The number of allylic oxidation sites excluding steroid dienone is 2. The van der Waals surface area contributed by atoms with E-state index in [2.05, 4.69) is 31.8 Å². The summed E-state index contributed by atoms with van der Waals surface area (Å²) in [6, 6.07) is 0. The molecule has 0 heteroatoms. The second kappa shape index (κ2) is 15.3. The van der Waals surface area contributed by atoms with Gasteiger partial charge in [-0.25, -0.2) is 0 Å².